The fourth-order valence-corrected chi connectivity index (χ4v) is 2.25. The van der Waals surface area contributed by atoms with Crippen LogP contribution in [-0.2, 0) is 6.54 Å². The molecule has 1 N–H and O–H groups in total. The van der Waals surface area contributed by atoms with Gasteiger partial charge in [0.25, 0.3) is 0 Å². The number of hydrogen-bond donors (Lipinski definition) is 1. The van der Waals surface area contributed by atoms with Gasteiger partial charge < -0.3 is 19.2 Å². The highest BCUT2D eigenvalue weighted by molar-refractivity contribution is 5.46. The summed E-state index contributed by atoms with van der Waals surface area (Å²) in [7, 11) is 1.67. The molecule has 0 aliphatic rings. The first-order valence-corrected chi connectivity index (χ1v) is 7.24. The van der Waals surface area contributed by atoms with Crippen LogP contribution in [0.25, 0.3) is 0 Å². The fraction of sp³-hybridized carbons (Fsp3) is 0.412. The van der Waals surface area contributed by atoms with Crippen molar-refractivity contribution in [3.05, 3.63) is 47.4 Å². The number of hydrogen-bond acceptors (Lipinski definition) is 4. The summed E-state index contributed by atoms with van der Waals surface area (Å²) in [6, 6.07) is 10.1. The molecular weight excluding hydrogens is 266 g/mol. The van der Waals surface area contributed by atoms with E-state index in [9.17, 15) is 0 Å². The van der Waals surface area contributed by atoms with E-state index in [0.29, 0.717) is 13.2 Å². The van der Waals surface area contributed by atoms with Crippen LogP contribution >= 0.6 is 0 Å². The summed E-state index contributed by atoms with van der Waals surface area (Å²) in [6.45, 7) is 7.30. The summed E-state index contributed by atoms with van der Waals surface area (Å²) in [5.41, 5.74) is 1.07. The van der Waals surface area contributed by atoms with Crippen LogP contribution in [0.15, 0.2) is 34.7 Å². The zero-order valence-electron chi connectivity index (χ0n) is 13.1. The highest BCUT2D eigenvalue weighted by atomic mass is 16.5. The Morgan fingerprint density at radius 2 is 2.05 bits per heavy atom. The van der Waals surface area contributed by atoms with E-state index in [1.165, 1.54) is 0 Å². The third-order valence-electron chi connectivity index (χ3n) is 3.35. The smallest absolute Gasteiger partial charge is 0.165 e. The Morgan fingerprint density at radius 1 is 1.24 bits per heavy atom. The number of ether oxygens (including phenoxy) is 2. The number of furan rings is 1. The van der Waals surface area contributed by atoms with Crippen molar-refractivity contribution in [2.24, 2.45) is 0 Å². The lowest BCUT2D eigenvalue weighted by Gasteiger charge is -2.16. The first kappa shape index (κ1) is 15.4. The van der Waals surface area contributed by atoms with Crippen LogP contribution in [0.4, 0.5) is 0 Å². The third kappa shape index (κ3) is 3.79. The minimum atomic E-state index is 0.138. The standard InChI is InChI=1S/C17H23NO3/c1-5-20-16-8-6-7-14(17(16)19-4)11-18-13(3)15-10-9-12(2)21-15/h6-10,13,18H,5,11H2,1-4H3. The van der Waals surface area contributed by atoms with Crippen molar-refractivity contribution < 1.29 is 13.9 Å². The van der Waals surface area contributed by atoms with Gasteiger partial charge in [0, 0.05) is 12.1 Å². The topological polar surface area (TPSA) is 43.6 Å². The minimum Gasteiger partial charge on any atom is -0.493 e. The van der Waals surface area contributed by atoms with Crippen LogP contribution < -0.4 is 14.8 Å². The van der Waals surface area contributed by atoms with Crippen molar-refractivity contribution in [1.82, 2.24) is 5.32 Å². The average molecular weight is 289 g/mol. The number of methoxy groups -OCH3 is 1. The van der Waals surface area contributed by atoms with Crippen molar-refractivity contribution in [3.63, 3.8) is 0 Å². The number of nitrogens with one attached hydrogen (secondary N) is 1. The second-order valence-electron chi connectivity index (χ2n) is 4.93. The lowest BCUT2D eigenvalue weighted by Crippen LogP contribution is -2.18. The van der Waals surface area contributed by atoms with Gasteiger partial charge in [-0.05, 0) is 39.0 Å². The Labute approximate surface area is 126 Å². The van der Waals surface area contributed by atoms with E-state index >= 15 is 0 Å². The predicted molar refractivity (Wildman–Crippen MR) is 82.9 cm³/mol. The van der Waals surface area contributed by atoms with Crippen molar-refractivity contribution in [2.75, 3.05) is 13.7 Å². The lowest BCUT2D eigenvalue weighted by molar-refractivity contribution is 0.308. The van der Waals surface area contributed by atoms with Gasteiger partial charge in [0.05, 0.1) is 19.8 Å². The molecule has 2 rings (SSSR count). The van der Waals surface area contributed by atoms with Crippen molar-refractivity contribution in [1.29, 1.82) is 0 Å². The molecule has 1 atom stereocenters. The van der Waals surface area contributed by atoms with Gasteiger partial charge in [0.1, 0.15) is 11.5 Å². The molecule has 0 aliphatic carbocycles. The molecule has 0 spiro atoms. The number of para-hydroxylation sites is 1. The van der Waals surface area contributed by atoms with Gasteiger partial charge in [-0.15, -0.1) is 0 Å². The van der Waals surface area contributed by atoms with Crippen LogP contribution in [-0.4, -0.2) is 13.7 Å². The van der Waals surface area contributed by atoms with E-state index in [1.54, 1.807) is 7.11 Å². The maximum absolute atomic E-state index is 5.63. The molecular formula is C17H23NO3. The molecule has 0 bridgehead atoms. The summed E-state index contributed by atoms with van der Waals surface area (Å²) in [5, 5.41) is 3.44. The van der Waals surface area contributed by atoms with Gasteiger partial charge in [-0.25, -0.2) is 0 Å². The van der Waals surface area contributed by atoms with E-state index in [-0.39, 0.29) is 6.04 Å². The number of aryl methyl sites for hydroxylation is 1. The normalized spacial score (nSPS) is 12.2. The highest BCUT2D eigenvalue weighted by Crippen LogP contribution is 2.31. The molecule has 0 saturated heterocycles. The number of rotatable bonds is 7. The van der Waals surface area contributed by atoms with E-state index in [1.807, 2.05) is 44.2 Å². The SMILES string of the molecule is CCOc1cccc(CNC(C)c2ccc(C)o2)c1OC. The van der Waals surface area contributed by atoms with Crippen molar-refractivity contribution in [2.45, 2.75) is 33.4 Å². The molecule has 0 saturated carbocycles. The fourth-order valence-electron chi connectivity index (χ4n) is 2.25. The Kier molecular flexibility index (Phi) is 5.28. The van der Waals surface area contributed by atoms with Crippen molar-refractivity contribution in [3.8, 4) is 11.5 Å². The second kappa shape index (κ2) is 7.18. The monoisotopic (exact) mass is 289 g/mol. The van der Waals surface area contributed by atoms with Crippen LogP contribution in [0.1, 0.15) is 37.0 Å². The predicted octanol–water partition coefficient (Wildman–Crippen LogP) is 3.85. The summed E-state index contributed by atoms with van der Waals surface area (Å²) in [4.78, 5) is 0. The van der Waals surface area contributed by atoms with Crippen molar-refractivity contribution >= 4 is 0 Å². The quantitative estimate of drug-likeness (QED) is 0.841. The Morgan fingerprint density at radius 3 is 2.67 bits per heavy atom. The van der Waals surface area contributed by atoms with Crippen LogP contribution in [0.3, 0.4) is 0 Å². The van der Waals surface area contributed by atoms with Crippen LogP contribution in [0.5, 0.6) is 11.5 Å². The number of benzene rings is 1. The summed E-state index contributed by atoms with van der Waals surface area (Å²) >= 11 is 0. The molecule has 1 heterocycles. The molecule has 0 fully saturated rings. The van der Waals surface area contributed by atoms with Gasteiger partial charge in [0.2, 0.25) is 0 Å². The van der Waals surface area contributed by atoms with Gasteiger partial charge in [0.15, 0.2) is 11.5 Å². The summed E-state index contributed by atoms with van der Waals surface area (Å²) in [6.07, 6.45) is 0. The van der Waals surface area contributed by atoms with E-state index in [4.69, 9.17) is 13.9 Å². The Bertz CT molecular complexity index is 577. The van der Waals surface area contributed by atoms with Gasteiger partial charge in [-0.1, -0.05) is 12.1 Å². The van der Waals surface area contributed by atoms with E-state index < -0.39 is 0 Å². The summed E-state index contributed by atoms with van der Waals surface area (Å²) in [5.74, 6) is 3.43. The van der Waals surface area contributed by atoms with E-state index in [2.05, 4.69) is 12.2 Å². The minimum absolute atomic E-state index is 0.138. The first-order valence-electron chi connectivity index (χ1n) is 7.24. The highest BCUT2D eigenvalue weighted by Gasteiger charge is 2.13. The van der Waals surface area contributed by atoms with E-state index in [0.717, 1.165) is 28.6 Å². The maximum Gasteiger partial charge on any atom is 0.165 e. The van der Waals surface area contributed by atoms with Crippen LogP contribution in [0, 0.1) is 6.92 Å². The molecule has 1 aromatic carbocycles. The largest absolute Gasteiger partial charge is 0.493 e. The molecule has 1 unspecified atom stereocenters. The second-order valence-corrected chi connectivity index (χ2v) is 4.93. The molecule has 21 heavy (non-hydrogen) atoms. The Hall–Kier alpha value is -1.94. The van der Waals surface area contributed by atoms with Gasteiger partial charge in [-0.3, -0.25) is 0 Å². The maximum atomic E-state index is 5.63. The first-order chi connectivity index (χ1) is 10.2. The molecule has 2 aromatic rings. The molecule has 4 heteroatoms. The Balaban J connectivity index is 2.07. The summed E-state index contributed by atoms with van der Waals surface area (Å²) < 4.78 is 16.7. The van der Waals surface area contributed by atoms with Gasteiger partial charge in [-0.2, -0.15) is 0 Å². The van der Waals surface area contributed by atoms with Crippen LogP contribution in [0.2, 0.25) is 0 Å². The molecule has 0 aliphatic heterocycles. The molecule has 0 radical (unpaired) electrons. The molecule has 4 nitrogen and oxygen atoms in total. The zero-order chi connectivity index (χ0) is 15.2. The lowest BCUT2D eigenvalue weighted by atomic mass is 10.1. The molecule has 1 aromatic heterocycles. The zero-order valence-corrected chi connectivity index (χ0v) is 13.1. The molecule has 0 amide bonds. The van der Waals surface area contributed by atoms with Gasteiger partial charge >= 0.3 is 0 Å². The molecule has 114 valence electrons. The average Bonchev–Trinajstić information content (AvgIpc) is 2.92. The third-order valence-corrected chi connectivity index (χ3v) is 3.35.